The maximum Gasteiger partial charge on any atom is 0.325 e. The number of thioether (sulfide) groups is 1. The molecule has 2 heterocycles. The number of fused-ring (bicyclic) bond motifs is 1. The van der Waals surface area contributed by atoms with Gasteiger partial charge in [-0.2, -0.15) is 11.8 Å². The number of nitro groups is 1. The summed E-state index contributed by atoms with van der Waals surface area (Å²) < 4.78 is 0. The van der Waals surface area contributed by atoms with Crippen LogP contribution in [-0.2, 0) is 20.8 Å². The molecule has 5 rings (SSSR count). The number of non-ortho nitro benzene ring substituents is 1. The molecule has 0 spiro atoms. The Morgan fingerprint density at radius 3 is 2.24 bits per heavy atom. The Balaban J connectivity index is 1.50. The van der Waals surface area contributed by atoms with Gasteiger partial charge in [-0.15, -0.1) is 0 Å². The second kappa shape index (κ2) is 12.3. The van der Waals surface area contributed by atoms with Crippen molar-refractivity contribution in [2.45, 2.75) is 24.4 Å². The number of carbonyl (C=O) groups excluding carboxylic acids is 2. The molecule has 10 heteroatoms. The van der Waals surface area contributed by atoms with Gasteiger partial charge in [0, 0.05) is 31.1 Å². The van der Waals surface area contributed by atoms with Crippen LogP contribution in [0, 0.1) is 22.0 Å². The molecule has 0 aromatic heterocycles. The number of imide groups is 1. The molecule has 3 aromatic carbocycles. The molecular weight excluding hydrogens is 554 g/mol. The highest BCUT2D eigenvalue weighted by atomic mass is 32.2. The van der Waals surface area contributed by atoms with Gasteiger partial charge in [0.05, 0.1) is 16.8 Å². The Bertz CT molecular complexity index is 1510. The molecule has 0 aliphatic carbocycles. The van der Waals surface area contributed by atoms with Gasteiger partial charge in [-0.05, 0) is 40.7 Å². The van der Waals surface area contributed by atoms with Crippen molar-refractivity contribution in [2.75, 3.05) is 18.6 Å². The molecule has 2 aliphatic heterocycles. The van der Waals surface area contributed by atoms with Gasteiger partial charge >= 0.3 is 5.97 Å². The van der Waals surface area contributed by atoms with Gasteiger partial charge in [-0.25, -0.2) is 0 Å². The van der Waals surface area contributed by atoms with Crippen molar-refractivity contribution in [1.29, 1.82) is 0 Å². The lowest BCUT2D eigenvalue weighted by Gasteiger charge is -2.31. The molecule has 216 valence electrons. The van der Waals surface area contributed by atoms with Crippen LogP contribution in [0.4, 0.5) is 5.69 Å². The van der Waals surface area contributed by atoms with Crippen molar-refractivity contribution in [3.63, 3.8) is 0 Å². The molecule has 2 aliphatic rings. The number of carbonyl (C=O) groups is 3. The van der Waals surface area contributed by atoms with E-state index in [9.17, 15) is 29.6 Å². The van der Waals surface area contributed by atoms with E-state index in [4.69, 9.17) is 0 Å². The number of aliphatic carboxylic acids is 1. The summed E-state index contributed by atoms with van der Waals surface area (Å²) in [6, 6.07) is 22.3. The van der Waals surface area contributed by atoms with Gasteiger partial charge in [-0.1, -0.05) is 78.9 Å². The fourth-order valence-corrected chi connectivity index (χ4v) is 6.42. The van der Waals surface area contributed by atoms with Crippen molar-refractivity contribution in [3.05, 3.63) is 111 Å². The largest absolute Gasteiger partial charge is 0.480 e. The molecule has 0 radical (unpaired) electrons. The number of likely N-dealkylation sites (tertiary alicyclic amines) is 1. The lowest BCUT2D eigenvalue weighted by atomic mass is 9.76. The summed E-state index contributed by atoms with van der Waals surface area (Å²) in [5.41, 5.74) is 1.30. The first-order valence-corrected chi connectivity index (χ1v) is 15.1. The van der Waals surface area contributed by atoms with Gasteiger partial charge in [0.2, 0.25) is 11.8 Å². The summed E-state index contributed by atoms with van der Waals surface area (Å²) in [6.07, 6.45) is 6.40. The standard InChI is InChI=1S/C32H31N3O6S/c1-42-19-5-18-34-29(36)26-27(30(34)37)32(31(38)39,20-23-12-16-25(17-13-23)35(40)41)33-28(26)24-14-10-22(11-15-24)9-8-21-6-3-2-4-7-21/h2-4,6-17,26-28,33H,5,18-20H2,1H3,(H,38,39). The number of carboxylic acid groups (broad SMARTS) is 1. The summed E-state index contributed by atoms with van der Waals surface area (Å²) in [4.78, 5) is 52.4. The molecule has 9 nitrogen and oxygen atoms in total. The van der Waals surface area contributed by atoms with E-state index in [0.29, 0.717) is 17.5 Å². The lowest BCUT2D eigenvalue weighted by molar-refractivity contribution is -0.384. The Kier molecular flexibility index (Phi) is 8.56. The van der Waals surface area contributed by atoms with Gasteiger partial charge in [0.15, 0.2) is 0 Å². The first-order chi connectivity index (χ1) is 20.2. The van der Waals surface area contributed by atoms with Crippen LogP contribution < -0.4 is 5.32 Å². The number of nitrogens with one attached hydrogen (secondary N) is 1. The third kappa shape index (κ3) is 5.60. The van der Waals surface area contributed by atoms with E-state index in [1.54, 1.807) is 11.8 Å². The van der Waals surface area contributed by atoms with E-state index in [1.165, 1.54) is 29.2 Å². The highest BCUT2D eigenvalue weighted by molar-refractivity contribution is 7.98. The molecule has 4 unspecified atom stereocenters. The number of amides is 2. The van der Waals surface area contributed by atoms with Crippen LogP contribution in [0.3, 0.4) is 0 Å². The molecule has 0 bridgehead atoms. The zero-order valence-corrected chi connectivity index (χ0v) is 23.8. The summed E-state index contributed by atoms with van der Waals surface area (Å²) in [5.74, 6) is -3.37. The normalized spacial score (nSPS) is 23.5. The Hall–Kier alpha value is -4.28. The smallest absolute Gasteiger partial charge is 0.325 e. The lowest BCUT2D eigenvalue weighted by Crippen LogP contribution is -2.57. The van der Waals surface area contributed by atoms with Crippen LogP contribution in [-0.4, -0.2) is 56.8 Å². The maximum absolute atomic E-state index is 13.8. The van der Waals surface area contributed by atoms with E-state index in [2.05, 4.69) is 5.32 Å². The average molecular weight is 586 g/mol. The zero-order valence-electron chi connectivity index (χ0n) is 23.0. The van der Waals surface area contributed by atoms with Crippen LogP contribution in [0.5, 0.6) is 0 Å². The van der Waals surface area contributed by atoms with Crippen molar-refractivity contribution >= 4 is 47.4 Å². The Morgan fingerprint density at radius 2 is 1.64 bits per heavy atom. The predicted octanol–water partition coefficient (Wildman–Crippen LogP) is 4.83. The highest BCUT2D eigenvalue weighted by Crippen LogP contribution is 2.50. The summed E-state index contributed by atoms with van der Waals surface area (Å²) in [6.45, 7) is 0.231. The van der Waals surface area contributed by atoms with Gasteiger partial charge in [-0.3, -0.25) is 34.7 Å². The Morgan fingerprint density at radius 1 is 1.00 bits per heavy atom. The maximum atomic E-state index is 13.8. The van der Waals surface area contributed by atoms with Crippen molar-refractivity contribution < 1.29 is 24.4 Å². The van der Waals surface area contributed by atoms with Crippen LogP contribution in [0.2, 0.25) is 0 Å². The second-order valence-electron chi connectivity index (χ2n) is 10.6. The Labute approximate surface area is 247 Å². The zero-order chi connectivity index (χ0) is 29.9. The minimum Gasteiger partial charge on any atom is -0.480 e. The molecule has 42 heavy (non-hydrogen) atoms. The first kappa shape index (κ1) is 29.2. The topological polar surface area (TPSA) is 130 Å². The monoisotopic (exact) mass is 585 g/mol. The fraction of sp³-hybridized carbons (Fsp3) is 0.281. The molecule has 2 saturated heterocycles. The quantitative estimate of drug-likeness (QED) is 0.108. The van der Waals surface area contributed by atoms with Crippen LogP contribution in [0.15, 0.2) is 78.9 Å². The van der Waals surface area contributed by atoms with Crippen molar-refractivity contribution in [2.24, 2.45) is 11.8 Å². The summed E-state index contributed by atoms with van der Waals surface area (Å²) in [7, 11) is 0. The molecule has 2 fully saturated rings. The highest BCUT2D eigenvalue weighted by Gasteiger charge is 2.68. The molecule has 0 saturated carbocycles. The molecule has 4 atom stereocenters. The summed E-state index contributed by atoms with van der Waals surface area (Å²) in [5, 5.41) is 25.0. The van der Waals surface area contributed by atoms with Gasteiger partial charge < -0.3 is 5.11 Å². The van der Waals surface area contributed by atoms with E-state index >= 15 is 0 Å². The van der Waals surface area contributed by atoms with E-state index in [1.807, 2.05) is 73.0 Å². The first-order valence-electron chi connectivity index (χ1n) is 13.7. The van der Waals surface area contributed by atoms with Gasteiger partial charge in [0.1, 0.15) is 5.54 Å². The number of carboxylic acids is 1. The van der Waals surface area contributed by atoms with E-state index < -0.39 is 40.2 Å². The molecular formula is C32H31N3O6S. The predicted molar refractivity (Wildman–Crippen MR) is 162 cm³/mol. The molecule has 3 aromatic rings. The minimum atomic E-state index is -1.78. The van der Waals surface area contributed by atoms with Crippen LogP contribution >= 0.6 is 11.8 Å². The van der Waals surface area contributed by atoms with Crippen LogP contribution in [0.1, 0.15) is 34.7 Å². The van der Waals surface area contributed by atoms with Gasteiger partial charge in [0.25, 0.3) is 5.69 Å². The number of hydrogen-bond donors (Lipinski definition) is 2. The number of benzene rings is 3. The molecule has 2 N–H and O–H groups in total. The number of hydrogen-bond acceptors (Lipinski definition) is 7. The second-order valence-corrected chi connectivity index (χ2v) is 11.6. The summed E-state index contributed by atoms with van der Waals surface area (Å²) >= 11 is 1.61. The van der Waals surface area contributed by atoms with E-state index in [0.717, 1.165) is 16.9 Å². The molecule has 2 amide bonds. The van der Waals surface area contributed by atoms with E-state index in [-0.39, 0.29) is 24.6 Å². The number of rotatable bonds is 11. The number of nitrogens with zero attached hydrogens (tertiary/aromatic N) is 2. The van der Waals surface area contributed by atoms with Crippen LogP contribution in [0.25, 0.3) is 12.2 Å². The fourth-order valence-electron chi connectivity index (χ4n) is 6.00. The average Bonchev–Trinajstić information content (AvgIpc) is 3.47. The number of nitro benzene ring substituents is 1. The van der Waals surface area contributed by atoms with Crippen molar-refractivity contribution in [3.8, 4) is 0 Å². The minimum absolute atomic E-state index is 0.117. The third-order valence-corrected chi connectivity index (χ3v) is 8.75. The van der Waals surface area contributed by atoms with Crippen molar-refractivity contribution in [1.82, 2.24) is 10.2 Å². The SMILES string of the molecule is CSCCCN1C(=O)C2C(c3ccc(C=Cc4ccccc4)cc3)NC(Cc3ccc([N+](=O)[O-])cc3)(C(=O)O)C2C1=O. The third-order valence-electron chi connectivity index (χ3n) is 8.05.